The molecule has 0 spiro atoms. The van der Waals surface area contributed by atoms with E-state index in [1.165, 1.54) is 0 Å². The number of alkyl halides is 1. The van der Waals surface area contributed by atoms with Crippen LogP contribution in [0.15, 0.2) is 12.7 Å². The van der Waals surface area contributed by atoms with Gasteiger partial charge in [-0.15, -0.1) is 18.2 Å². The summed E-state index contributed by atoms with van der Waals surface area (Å²) in [5.74, 6) is 0. The summed E-state index contributed by atoms with van der Waals surface area (Å²) in [7, 11) is -5.05. The zero-order valence-corrected chi connectivity index (χ0v) is 21.1. The van der Waals surface area contributed by atoms with Crippen molar-refractivity contribution in [1.82, 2.24) is 0 Å². The van der Waals surface area contributed by atoms with Crippen molar-refractivity contribution in [3.8, 4) is 0 Å². The third-order valence-corrected chi connectivity index (χ3v) is 10.6. The van der Waals surface area contributed by atoms with Crippen molar-refractivity contribution in [2.24, 2.45) is 0 Å². The third-order valence-electron chi connectivity index (χ3n) is 3.27. The largest absolute Gasteiger partial charge is 0.519 e. The van der Waals surface area contributed by atoms with E-state index in [1.54, 1.807) is 6.08 Å². The van der Waals surface area contributed by atoms with Crippen LogP contribution in [0.1, 0.15) is 54.9 Å². The molecule has 0 aromatic rings. The molecule has 0 bridgehead atoms. The van der Waals surface area contributed by atoms with Gasteiger partial charge in [-0.2, -0.15) is 0 Å². The first kappa shape index (κ1) is 29.4. The molecule has 0 saturated heterocycles. The van der Waals surface area contributed by atoms with Crippen LogP contribution in [0.25, 0.3) is 0 Å². The van der Waals surface area contributed by atoms with Gasteiger partial charge >= 0.3 is 17.6 Å². The fourth-order valence-electron chi connectivity index (χ4n) is 2.39. The van der Waals surface area contributed by atoms with Gasteiger partial charge < -0.3 is 26.6 Å². The zero-order chi connectivity index (χ0) is 21.2. The van der Waals surface area contributed by atoms with Crippen molar-refractivity contribution in [2.45, 2.75) is 65.9 Å². The molecule has 164 valence electrons. The van der Waals surface area contributed by atoms with Crippen molar-refractivity contribution in [3.63, 3.8) is 0 Å². The van der Waals surface area contributed by atoms with Crippen LogP contribution in [-0.2, 0) is 26.6 Å². The molecule has 0 fully saturated rings. The fourth-order valence-corrected chi connectivity index (χ4v) is 7.73. The molecule has 0 rings (SSSR count). The summed E-state index contributed by atoms with van der Waals surface area (Å²) in [5, 5.41) is -0.151. The van der Waals surface area contributed by atoms with Crippen LogP contribution < -0.4 is 0 Å². The lowest BCUT2D eigenvalue weighted by Crippen LogP contribution is -2.54. The van der Waals surface area contributed by atoms with Crippen LogP contribution in [0.5, 0.6) is 0 Å². The lowest BCUT2D eigenvalue weighted by atomic mass is 10.6. The van der Waals surface area contributed by atoms with Crippen LogP contribution in [0.2, 0.25) is 6.04 Å². The second-order valence-corrected chi connectivity index (χ2v) is 11.6. The van der Waals surface area contributed by atoms with Crippen molar-refractivity contribution >= 4 is 29.2 Å². The maximum atomic E-state index is 6.21. The van der Waals surface area contributed by atoms with Gasteiger partial charge in [-0.3, -0.25) is 0 Å². The number of hydrogen-bond acceptors (Lipinski definition) is 6. The summed E-state index contributed by atoms with van der Waals surface area (Å²) in [5.41, 5.74) is 0. The first-order valence-electron chi connectivity index (χ1n) is 9.99. The summed E-state index contributed by atoms with van der Waals surface area (Å²) in [6, 6.07) is 0.683. The first-order chi connectivity index (χ1) is 12.9. The van der Waals surface area contributed by atoms with Gasteiger partial charge in [0.25, 0.3) is 0 Å². The normalized spacial score (nSPS) is 13.0. The highest BCUT2D eigenvalue weighted by molar-refractivity contribution is 6.71. The first-order valence-corrected chi connectivity index (χ1v) is 14.2. The minimum absolute atomic E-state index is 0.151. The molecule has 0 aliphatic heterocycles. The zero-order valence-electron chi connectivity index (χ0n) is 18.3. The molecule has 0 aliphatic carbocycles. The predicted octanol–water partition coefficient (Wildman–Crippen LogP) is 4.81. The topological polar surface area (TPSA) is 55.4 Å². The van der Waals surface area contributed by atoms with Crippen molar-refractivity contribution in [2.75, 3.05) is 39.6 Å². The summed E-state index contributed by atoms with van der Waals surface area (Å²) >= 11 is 6.21. The van der Waals surface area contributed by atoms with E-state index in [4.69, 9.17) is 38.2 Å². The minimum Gasteiger partial charge on any atom is -0.374 e. The standard InChI is InChI=1S/C9H21ClO3Si.C9H20O3Si/c1-5-9(10)14(11-6-2,12-7-3)13-8-4;1-5-9-13(10-6-2,11-7-3)12-8-4/h9H,5-8H2,1-4H3;5H,1,6-9H2,2-4H3. The maximum absolute atomic E-state index is 6.21. The molecular formula is C18H41ClO6Si2. The average molecular weight is 445 g/mol. The molecule has 0 saturated carbocycles. The van der Waals surface area contributed by atoms with Crippen LogP contribution >= 0.6 is 11.6 Å². The van der Waals surface area contributed by atoms with Gasteiger partial charge in [0.1, 0.15) is 5.00 Å². The molecule has 0 radical (unpaired) electrons. The summed E-state index contributed by atoms with van der Waals surface area (Å²) < 4.78 is 33.6. The molecule has 0 heterocycles. The Balaban J connectivity index is 0. The molecule has 9 heteroatoms. The summed E-state index contributed by atoms with van der Waals surface area (Å²) in [6.07, 6.45) is 2.60. The van der Waals surface area contributed by atoms with Crippen molar-refractivity contribution in [3.05, 3.63) is 12.7 Å². The Bertz CT molecular complexity index is 316. The molecule has 1 atom stereocenters. The Kier molecular flexibility index (Phi) is 19.9. The molecule has 0 aromatic heterocycles. The lowest BCUT2D eigenvalue weighted by Gasteiger charge is -2.31. The van der Waals surface area contributed by atoms with E-state index in [1.807, 2.05) is 48.5 Å². The van der Waals surface area contributed by atoms with Gasteiger partial charge in [-0.05, 0) is 48.0 Å². The van der Waals surface area contributed by atoms with Crippen LogP contribution in [-0.4, -0.2) is 62.3 Å². The number of allylic oxidation sites excluding steroid dienone is 1. The van der Waals surface area contributed by atoms with Gasteiger partial charge in [0.05, 0.1) is 0 Å². The molecule has 0 amide bonds. The van der Waals surface area contributed by atoms with E-state index in [0.29, 0.717) is 45.7 Å². The van der Waals surface area contributed by atoms with Gasteiger partial charge in [-0.25, -0.2) is 0 Å². The number of hydrogen-bond donors (Lipinski definition) is 0. The molecule has 0 aliphatic rings. The van der Waals surface area contributed by atoms with Crippen molar-refractivity contribution < 1.29 is 26.6 Å². The molecule has 1 unspecified atom stereocenters. The van der Waals surface area contributed by atoms with Gasteiger partial charge in [0, 0.05) is 45.7 Å². The van der Waals surface area contributed by atoms with E-state index in [-0.39, 0.29) is 5.00 Å². The molecule has 27 heavy (non-hydrogen) atoms. The summed E-state index contributed by atoms with van der Waals surface area (Å²) in [4.78, 5) is 0. The highest BCUT2D eigenvalue weighted by atomic mass is 35.5. The van der Waals surface area contributed by atoms with Crippen LogP contribution in [0.3, 0.4) is 0 Å². The Hall–Kier alpha value is 0.224. The van der Waals surface area contributed by atoms with Gasteiger partial charge in [0.15, 0.2) is 0 Å². The maximum Gasteiger partial charge on any atom is 0.519 e. The van der Waals surface area contributed by atoms with E-state index in [0.717, 1.165) is 6.42 Å². The van der Waals surface area contributed by atoms with E-state index in [2.05, 4.69) is 6.58 Å². The van der Waals surface area contributed by atoms with E-state index in [9.17, 15) is 0 Å². The number of halogens is 1. The Labute approximate surface area is 174 Å². The smallest absolute Gasteiger partial charge is 0.374 e. The van der Waals surface area contributed by atoms with E-state index < -0.39 is 17.6 Å². The average Bonchev–Trinajstić information content (AvgIpc) is 2.63. The Morgan fingerprint density at radius 1 is 0.704 bits per heavy atom. The second kappa shape index (κ2) is 18.3. The lowest BCUT2D eigenvalue weighted by molar-refractivity contribution is 0.0684. The minimum atomic E-state index is -2.63. The molecular weight excluding hydrogens is 404 g/mol. The Morgan fingerprint density at radius 3 is 1.26 bits per heavy atom. The molecule has 0 N–H and O–H groups in total. The molecule has 0 aromatic carbocycles. The van der Waals surface area contributed by atoms with Gasteiger partial charge in [-0.1, -0.05) is 13.0 Å². The van der Waals surface area contributed by atoms with Gasteiger partial charge in [0.2, 0.25) is 0 Å². The summed E-state index contributed by atoms with van der Waals surface area (Å²) in [6.45, 7) is 20.9. The van der Waals surface area contributed by atoms with E-state index >= 15 is 0 Å². The van der Waals surface area contributed by atoms with Crippen LogP contribution in [0, 0.1) is 0 Å². The Morgan fingerprint density at radius 2 is 1.04 bits per heavy atom. The third kappa shape index (κ3) is 11.7. The monoisotopic (exact) mass is 444 g/mol. The number of rotatable bonds is 16. The van der Waals surface area contributed by atoms with Crippen molar-refractivity contribution in [1.29, 1.82) is 0 Å². The second-order valence-electron chi connectivity index (χ2n) is 5.25. The quantitative estimate of drug-likeness (QED) is 0.193. The fraction of sp³-hybridized carbons (Fsp3) is 0.889. The van der Waals surface area contributed by atoms with Crippen LogP contribution in [0.4, 0.5) is 0 Å². The SMILES string of the molecule is C=CC[Si](OCC)(OCC)OCC.CCO[Si](OCC)(OCC)C(Cl)CC. The highest BCUT2D eigenvalue weighted by Crippen LogP contribution is 2.22. The highest BCUT2D eigenvalue weighted by Gasteiger charge is 2.47. The molecule has 6 nitrogen and oxygen atoms in total. The predicted molar refractivity (Wildman–Crippen MR) is 116 cm³/mol.